The average molecular weight is 394 g/mol. The van der Waals surface area contributed by atoms with Crippen LogP contribution in [-0.2, 0) is 10.8 Å². The Bertz CT molecular complexity index is 973. The van der Waals surface area contributed by atoms with Crippen molar-refractivity contribution in [1.82, 2.24) is 0 Å². The highest BCUT2D eigenvalue weighted by atomic mass is 14.5. The van der Waals surface area contributed by atoms with Crippen LogP contribution in [0.4, 0.5) is 0 Å². The Hall–Kier alpha value is -2.85. The molecule has 3 aromatic carbocycles. The minimum absolute atomic E-state index is 0.0155. The molecule has 0 saturated heterocycles. The number of nitrogens with zero attached hydrogens (tertiary/aromatic N) is 1. The second-order valence-corrected chi connectivity index (χ2v) is 9.00. The average Bonchev–Trinajstić information content (AvgIpc) is 2.84. The summed E-state index contributed by atoms with van der Waals surface area (Å²) in [5.41, 5.74) is 4.41. The van der Waals surface area contributed by atoms with Crippen LogP contribution in [0.15, 0.2) is 91.0 Å². The molecule has 0 spiro atoms. The van der Waals surface area contributed by atoms with E-state index >= 15 is 0 Å². The molecule has 1 fully saturated rings. The zero-order chi connectivity index (χ0) is 20.9. The van der Waals surface area contributed by atoms with Crippen molar-refractivity contribution in [2.45, 2.75) is 62.2 Å². The van der Waals surface area contributed by atoms with Crippen molar-refractivity contribution < 1.29 is 0 Å². The lowest BCUT2D eigenvalue weighted by Crippen LogP contribution is -2.45. The maximum Gasteiger partial charge on any atom is 0.0622 e. The molecule has 0 bridgehead atoms. The van der Waals surface area contributed by atoms with Crippen LogP contribution >= 0.6 is 0 Å². The predicted octanol–water partition coefficient (Wildman–Crippen LogP) is 7.54. The normalized spacial score (nSPS) is 26.1. The number of hydrogen-bond donors (Lipinski definition) is 0. The first-order valence-electron chi connectivity index (χ1n) is 11.2. The van der Waals surface area contributed by atoms with Crippen LogP contribution in [0, 0.1) is 11.3 Å². The van der Waals surface area contributed by atoms with Crippen molar-refractivity contribution >= 4 is 0 Å². The fourth-order valence-electron chi connectivity index (χ4n) is 5.90. The van der Waals surface area contributed by atoms with E-state index in [4.69, 9.17) is 0 Å². The number of benzene rings is 3. The molecule has 1 aliphatic carbocycles. The maximum atomic E-state index is 9.50. The summed E-state index contributed by atoms with van der Waals surface area (Å²) in [7, 11) is 0. The lowest BCUT2D eigenvalue weighted by molar-refractivity contribution is 0.147. The molecule has 3 atom stereocenters. The van der Waals surface area contributed by atoms with Crippen LogP contribution in [0.5, 0.6) is 0 Å². The van der Waals surface area contributed by atoms with Gasteiger partial charge in [-0.3, -0.25) is 0 Å². The van der Waals surface area contributed by atoms with Gasteiger partial charge in [-0.1, -0.05) is 97.9 Å². The summed E-state index contributed by atoms with van der Waals surface area (Å²) < 4.78 is 0. The maximum absolute atomic E-state index is 9.50. The highest BCUT2D eigenvalue weighted by molar-refractivity contribution is 5.37. The van der Waals surface area contributed by atoms with Crippen molar-refractivity contribution in [3.8, 4) is 6.07 Å². The molecule has 0 aliphatic heterocycles. The van der Waals surface area contributed by atoms with E-state index in [-0.39, 0.29) is 10.8 Å². The Morgan fingerprint density at radius 1 is 0.767 bits per heavy atom. The van der Waals surface area contributed by atoms with Crippen molar-refractivity contribution in [3.05, 3.63) is 108 Å². The first kappa shape index (κ1) is 20.4. The summed E-state index contributed by atoms with van der Waals surface area (Å²) in [5, 5.41) is 9.50. The molecule has 30 heavy (non-hydrogen) atoms. The third-order valence-electron chi connectivity index (χ3n) is 7.39. The monoisotopic (exact) mass is 393 g/mol. The zero-order valence-corrected chi connectivity index (χ0v) is 17.9. The van der Waals surface area contributed by atoms with Gasteiger partial charge in [0.2, 0.25) is 0 Å². The topological polar surface area (TPSA) is 23.8 Å². The number of hydrogen-bond acceptors (Lipinski definition) is 1. The van der Waals surface area contributed by atoms with Crippen LogP contribution in [0.2, 0.25) is 0 Å². The van der Waals surface area contributed by atoms with Gasteiger partial charge in [-0.25, -0.2) is 0 Å². The summed E-state index contributed by atoms with van der Waals surface area (Å²) in [6.45, 7) is 2.35. The van der Waals surface area contributed by atoms with Gasteiger partial charge in [-0.05, 0) is 65.5 Å². The van der Waals surface area contributed by atoms with E-state index in [0.29, 0.717) is 12.3 Å². The smallest absolute Gasteiger partial charge is 0.0622 e. The quantitative estimate of drug-likeness (QED) is 0.424. The van der Waals surface area contributed by atoms with Crippen LogP contribution in [-0.4, -0.2) is 0 Å². The second-order valence-electron chi connectivity index (χ2n) is 9.00. The molecule has 0 radical (unpaired) electrons. The van der Waals surface area contributed by atoms with Gasteiger partial charge in [-0.15, -0.1) is 0 Å². The Balaban J connectivity index is 1.87. The van der Waals surface area contributed by atoms with E-state index in [9.17, 15) is 5.26 Å². The van der Waals surface area contributed by atoms with Gasteiger partial charge in [0.15, 0.2) is 0 Å². The second kappa shape index (κ2) is 8.88. The van der Waals surface area contributed by atoms with Gasteiger partial charge in [0.05, 0.1) is 6.07 Å². The third-order valence-corrected chi connectivity index (χ3v) is 7.39. The molecule has 4 rings (SSSR count). The molecule has 0 N–H and O–H groups in total. The van der Waals surface area contributed by atoms with Gasteiger partial charge in [0.1, 0.15) is 0 Å². The summed E-state index contributed by atoms with van der Waals surface area (Å²) in [6, 6.07) is 35.6. The Labute approximate surface area is 181 Å². The Morgan fingerprint density at radius 2 is 1.27 bits per heavy atom. The molecule has 0 aromatic heterocycles. The summed E-state index contributed by atoms with van der Waals surface area (Å²) in [4.78, 5) is 0. The molecule has 3 aromatic rings. The largest absolute Gasteiger partial charge is 0.198 e. The predicted molar refractivity (Wildman–Crippen MR) is 124 cm³/mol. The van der Waals surface area contributed by atoms with Crippen LogP contribution in [0.25, 0.3) is 0 Å². The fraction of sp³-hybridized carbons (Fsp3) is 0.345. The fourth-order valence-corrected chi connectivity index (χ4v) is 5.90. The minimum Gasteiger partial charge on any atom is -0.198 e. The van der Waals surface area contributed by atoms with Gasteiger partial charge < -0.3 is 0 Å². The molecular weight excluding hydrogens is 362 g/mol. The van der Waals surface area contributed by atoms with E-state index in [2.05, 4.69) is 104 Å². The molecule has 152 valence electrons. The van der Waals surface area contributed by atoms with Gasteiger partial charge >= 0.3 is 0 Å². The lowest BCUT2D eigenvalue weighted by Gasteiger charge is -2.52. The SMILES string of the molecule is CCC1(c2ccccc2)CC(c2ccccc2)CC(CCC#N)(c2ccccc2)C1. The molecule has 1 saturated carbocycles. The van der Waals surface area contributed by atoms with Gasteiger partial charge in [0, 0.05) is 6.42 Å². The van der Waals surface area contributed by atoms with Crippen molar-refractivity contribution in [3.63, 3.8) is 0 Å². The van der Waals surface area contributed by atoms with E-state index in [1.54, 1.807) is 0 Å². The van der Waals surface area contributed by atoms with E-state index in [1.165, 1.54) is 23.1 Å². The summed E-state index contributed by atoms with van der Waals surface area (Å²) in [5.74, 6) is 0.485. The highest BCUT2D eigenvalue weighted by Crippen LogP contribution is 2.57. The van der Waals surface area contributed by atoms with Crippen molar-refractivity contribution in [2.24, 2.45) is 0 Å². The lowest BCUT2D eigenvalue weighted by atomic mass is 9.52. The molecule has 1 heteroatoms. The number of rotatable bonds is 6. The minimum atomic E-state index is 0.0155. The van der Waals surface area contributed by atoms with Crippen molar-refractivity contribution in [1.29, 1.82) is 5.26 Å². The third kappa shape index (κ3) is 3.92. The van der Waals surface area contributed by atoms with E-state index in [0.717, 1.165) is 25.7 Å². The van der Waals surface area contributed by atoms with Crippen LogP contribution in [0.1, 0.15) is 68.1 Å². The molecule has 0 heterocycles. The Kier molecular flexibility index (Phi) is 6.05. The zero-order valence-electron chi connectivity index (χ0n) is 17.9. The van der Waals surface area contributed by atoms with Gasteiger partial charge in [-0.2, -0.15) is 5.26 Å². The molecule has 1 aliphatic rings. The molecule has 0 amide bonds. The number of nitriles is 1. The standard InChI is InChI=1S/C29H31N/c1-2-28(26-15-8-4-9-16-26)21-25(24-13-6-3-7-14-24)22-29(23-28,19-12-20-30)27-17-10-5-11-18-27/h3-11,13-18,25H,2,12,19,21-23H2,1H3. The first-order valence-corrected chi connectivity index (χ1v) is 11.2. The summed E-state index contributed by atoms with van der Waals surface area (Å²) >= 11 is 0. The molecule has 3 unspecified atom stereocenters. The highest BCUT2D eigenvalue weighted by Gasteiger charge is 2.49. The molecular formula is C29H31N. The van der Waals surface area contributed by atoms with Crippen molar-refractivity contribution in [2.75, 3.05) is 0 Å². The van der Waals surface area contributed by atoms with Crippen LogP contribution < -0.4 is 0 Å². The van der Waals surface area contributed by atoms with E-state index in [1.807, 2.05) is 0 Å². The van der Waals surface area contributed by atoms with E-state index < -0.39 is 0 Å². The van der Waals surface area contributed by atoms with Gasteiger partial charge in [0.25, 0.3) is 0 Å². The van der Waals surface area contributed by atoms with Crippen LogP contribution in [0.3, 0.4) is 0 Å². The molecule has 1 nitrogen and oxygen atoms in total. The Morgan fingerprint density at radius 3 is 1.80 bits per heavy atom. The first-order chi connectivity index (χ1) is 14.7. The summed E-state index contributed by atoms with van der Waals surface area (Å²) in [6.07, 6.45) is 6.02.